The van der Waals surface area contributed by atoms with Gasteiger partial charge in [0.15, 0.2) is 0 Å². The molecule has 13 heavy (non-hydrogen) atoms. The molecule has 1 aromatic rings. The van der Waals surface area contributed by atoms with Crippen LogP contribution in [0.25, 0.3) is 0 Å². The summed E-state index contributed by atoms with van der Waals surface area (Å²) in [7, 11) is 3.29. The largest absolute Gasteiger partial charge is 0.467 e. The standard InChI is InChI=1S/C9H13NO3/c1-10(7-11)6-9(12-2)8-4-3-5-13-8/h3-5,7,9H,6H2,1-2H3. The number of hydrogen-bond acceptors (Lipinski definition) is 3. The molecule has 0 aliphatic carbocycles. The van der Waals surface area contributed by atoms with Crippen molar-refractivity contribution >= 4 is 6.41 Å². The molecule has 0 aliphatic rings. The van der Waals surface area contributed by atoms with Crippen LogP contribution in [0.3, 0.4) is 0 Å². The van der Waals surface area contributed by atoms with Crippen LogP contribution in [0.4, 0.5) is 0 Å². The molecular weight excluding hydrogens is 170 g/mol. The molecule has 0 radical (unpaired) electrons. The molecule has 1 aromatic heterocycles. The van der Waals surface area contributed by atoms with Gasteiger partial charge >= 0.3 is 0 Å². The van der Waals surface area contributed by atoms with Crippen LogP contribution in [0.5, 0.6) is 0 Å². The summed E-state index contributed by atoms with van der Waals surface area (Å²) in [6, 6.07) is 3.62. The van der Waals surface area contributed by atoms with Crippen LogP contribution < -0.4 is 0 Å². The fourth-order valence-electron chi connectivity index (χ4n) is 1.06. The number of hydrogen-bond donors (Lipinski definition) is 0. The fraction of sp³-hybridized carbons (Fsp3) is 0.444. The zero-order valence-corrected chi connectivity index (χ0v) is 7.77. The van der Waals surface area contributed by atoms with Crippen molar-refractivity contribution in [3.8, 4) is 0 Å². The van der Waals surface area contributed by atoms with Crippen molar-refractivity contribution in [3.63, 3.8) is 0 Å². The van der Waals surface area contributed by atoms with Gasteiger partial charge in [0.2, 0.25) is 6.41 Å². The van der Waals surface area contributed by atoms with E-state index in [0.717, 1.165) is 12.2 Å². The first kappa shape index (κ1) is 9.80. The summed E-state index contributed by atoms with van der Waals surface area (Å²) in [6.07, 6.45) is 2.15. The molecule has 0 saturated carbocycles. The molecule has 1 amide bonds. The second-order valence-corrected chi connectivity index (χ2v) is 2.78. The molecule has 4 nitrogen and oxygen atoms in total. The lowest BCUT2D eigenvalue weighted by atomic mass is 10.2. The highest BCUT2D eigenvalue weighted by molar-refractivity contribution is 5.46. The van der Waals surface area contributed by atoms with Crippen LogP contribution >= 0.6 is 0 Å². The van der Waals surface area contributed by atoms with Crippen molar-refractivity contribution in [1.82, 2.24) is 4.90 Å². The second kappa shape index (κ2) is 4.67. The zero-order valence-electron chi connectivity index (χ0n) is 7.77. The Kier molecular flexibility index (Phi) is 3.52. The van der Waals surface area contributed by atoms with E-state index in [2.05, 4.69) is 0 Å². The van der Waals surface area contributed by atoms with Gasteiger partial charge in [-0.25, -0.2) is 0 Å². The third-order valence-electron chi connectivity index (χ3n) is 1.78. The molecule has 72 valence electrons. The average molecular weight is 183 g/mol. The summed E-state index contributed by atoms with van der Waals surface area (Å²) in [5.41, 5.74) is 0. The van der Waals surface area contributed by atoms with Gasteiger partial charge in [-0.2, -0.15) is 0 Å². The summed E-state index contributed by atoms with van der Waals surface area (Å²) in [4.78, 5) is 11.9. The molecule has 4 heteroatoms. The van der Waals surface area contributed by atoms with Gasteiger partial charge in [0.25, 0.3) is 0 Å². The summed E-state index contributed by atoms with van der Waals surface area (Å²) in [6.45, 7) is 0.494. The molecule has 0 aliphatic heterocycles. The second-order valence-electron chi connectivity index (χ2n) is 2.78. The van der Waals surface area contributed by atoms with Gasteiger partial charge in [-0.3, -0.25) is 4.79 Å². The quantitative estimate of drug-likeness (QED) is 0.641. The Morgan fingerprint density at radius 2 is 2.54 bits per heavy atom. The minimum atomic E-state index is -0.190. The van der Waals surface area contributed by atoms with Gasteiger partial charge < -0.3 is 14.1 Å². The van der Waals surface area contributed by atoms with E-state index in [1.54, 1.807) is 26.5 Å². The molecule has 0 fully saturated rings. The molecule has 0 saturated heterocycles. The first-order valence-electron chi connectivity index (χ1n) is 3.99. The predicted molar refractivity (Wildman–Crippen MR) is 47.2 cm³/mol. The summed E-state index contributed by atoms with van der Waals surface area (Å²) >= 11 is 0. The maximum Gasteiger partial charge on any atom is 0.209 e. The Labute approximate surface area is 77.1 Å². The number of carbonyl (C=O) groups is 1. The Hall–Kier alpha value is -1.29. The number of nitrogens with zero attached hydrogens (tertiary/aromatic N) is 1. The van der Waals surface area contributed by atoms with Crippen molar-refractivity contribution in [2.24, 2.45) is 0 Å². The normalized spacial score (nSPS) is 12.5. The number of likely N-dealkylation sites (N-methyl/N-ethyl adjacent to an activating group) is 1. The Bertz CT molecular complexity index is 245. The van der Waals surface area contributed by atoms with E-state index in [1.807, 2.05) is 6.07 Å². The van der Waals surface area contributed by atoms with E-state index < -0.39 is 0 Å². The van der Waals surface area contributed by atoms with Crippen LogP contribution in [0.15, 0.2) is 22.8 Å². The third kappa shape index (κ3) is 2.59. The Balaban J connectivity index is 2.58. The molecule has 1 atom stereocenters. The number of furan rings is 1. The molecule has 0 aromatic carbocycles. The molecule has 0 bridgehead atoms. The molecule has 1 unspecified atom stereocenters. The number of ether oxygens (including phenoxy) is 1. The highest BCUT2D eigenvalue weighted by Gasteiger charge is 2.14. The van der Waals surface area contributed by atoms with E-state index in [-0.39, 0.29) is 6.10 Å². The van der Waals surface area contributed by atoms with Crippen LogP contribution in [-0.4, -0.2) is 32.0 Å². The highest BCUT2D eigenvalue weighted by Crippen LogP contribution is 2.17. The lowest BCUT2D eigenvalue weighted by Crippen LogP contribution is -2.23. The van der Waals surface area contributed by atoms with Crippen molar-refractivity contribution < 1.29 is 13.9 Å². The van der Waals surface area contributed by atoms with Crippen molar-refractivity contribution in [2.75, 3.05) is 20.7 Å². The number of amides is 1. The first-order chi connectivity index (χ1) is 6.27. The topological polar surface area (TPSA) is 42.7 Å². The Morgan fingerprint density at radius 1 is 1.77 bits per heavy atom. The SMILES string of the molecule is COC(CN(C)C=O)c1ccco1. The maximum absolute atomic E-state index is 10.4. The Morgan fingerprint density at radius 3 is 3.00 bits per heavy atom. The number of carbonyl (C=O) groups excluding carboxylic acids is 1. The van der Waals surface area contributed by atoms with Crippen LogP contribution in [0, 0.1) is 0 Å². The van der Waals surface area contributed by atoms with E-state index in [1.165, 1.54) is 4.90 Å². The summed E-state index contributed by atoms with van der Waals surface area (Å²) < 4.78 is 10.3. The van der Waals surface area contributed by atoms with Gasteiger partial charge in [-0.05, 0) is 12.1 Å². The van der Waals surface area contributed by atoms with Crippen LogP contribution in [0.1, 0.15) is 11.9 Å². The molecule has 0 N–H and O–H groups in total. The van der Waals surface area contributed by atoms with Crippen molar-refractivity contribution in [3.05, 3.63) is 24.2 Å². The monoisotopic (exact) mass is 183 g/mol. The number of rotatable bonds is 5. The minimum absolute atomic E-state index is 0.190. The molecular formula is C9H13NO3. The lowest BCUT2D eigenvalue weighted by Gasteiger charge is -2.17. The zero-order chi connectivity index (χ0) is 9.68. The first-order valence-corrected chi connectivity index (χ1v) is 3.99. The molecule has 0 spiro atoms. The predicted octanol–water partition coefficient (Wildman–Crippen LogP) is 1.06. The summed E-state index contributed by atoms with van der Waals surface area (Å²) in [5.74, 6) is 0.733. The molecule has 1 heterocycles. The van der Waals surface area contributed by atoms with Gasteiger partial charge in [0.1, 0.15) is 11.9 Å². The van der Waals surface area contributed by atoms with E-state index >= 15 is 0 Å². The van der Waals surface area contributed by atoms with E-state index in [9.17, 15) is 4.79 Å². The maximum atomic E-state index is 10.4. The van der Waals surface area contributed by atoms with Gasteiger partial charge in [0, 0.05) is 14.2 Å². The smallest absolute Gasteiger partial charge is 0.209 e. The fourth-order valence-corrected chi connectivity index (χ4v) is 1.06. The van der Waals surface area contributed by atoms with E-state index in [0.29, 0.717) is 6.54 Å². The van der Waals surface area contributed by atoms with Gasteiger partial charge in [-0.1, -0.05) is 0 Å². The summed E-state index contributed by atoms with van der Waals surface area (Å²) in [5, 5.41) is 0. The third-order valence-corrected chi connectivity index (χ3v) is 1.78. The van der Waals surface area contributed by atoms with Crippen LogP contribution in [-0.2, 0) is 9.53 Å². The number of methoxy groups -OCH3 is 1. The van der Waals surface area contributed by atoms with Crippen molar-refractivity contribution in [2.45, 2.75) is 6.10 Å². The average Bonchev–Trinajstić information content (AvgIpc) is 2.66. The molecule has 1 rings (SSSR count). The van der Waals surface area contributed by atoms with Crippen molar-refractivity contribution in [1.29, 1.82) is 0 Å². The lowest BCUT2D eigenvalue weighted by molar-refractivity contribution is -0.118. The van der Waals surface area contributed by atoms with E-state index in [4.69, 9.17) is 9.15 Å². The minimum Gasteiger partial charge on any atom is -0.467 e. The van der Waals surface area contributed by atoms with Crippen LogP contribution in [0.2, 0.25) is 0 Å². The van der Waals surface area contributed by atoms with Gasteiger partial charge in [-0.15, -0.1) is 0 Å². The highest BCUT2D eigenvalue weighted by atomic mass is 16.5. The van der Waals surface area contributed by atoms with Gasteiger partial charge in [0.05, 0.1) is 12.8 Å².